The van der Waals surface area contributed by atoms with Crippen LogP contribution < -0.4 is 10.2 Å². The van der Waals surface area contributed by atoms with Gasteiger partial charge in [0.15, 0.2) is 0 Å². The topological polar surface area (TPSA) is 15.3 Å². The minimum absolute atomic E-state index is 0.419. The van der Waals surface area contributed by atoms with Crippen molar-refractivity contribution in [1.29, 1.82) is 0 Å². The van der Waals surface area contributed by atoms with Crippen LogP contribution >= 0.6 is 15.9 Å². The zero-order chi connectivity index (χ0) is 15.1. The van der Waals surface area contributed by atoms with Crippen molar-refractivity contribution < 1.29 is 0 Å². The van der Waals surface area contributed by atoms with E-state index in [0.717, 1.165) is 6.54 Å². The van der Waals surface area contributed by atoms with Gasteiger partial charge in [-0.3, -0.25) is 0 Å². The lowest BCUT2D eigenvalue weighted by Gasteiger charge is -2.28. The fraction of sp³-hybridized carbons (Fsp3) is 0.667. The van der Waals surface area contributed by atoms with Gasteiger partial charge in [0.1, 0.15) is 0 Å². The maximum absolute atomic E-state index is 3.79. The molecule has 118 valence electrons. The first-order valence-electron chi connectivity index (χ1n) is 8.50. The number of hydrogen-bond donors (Lipinski definition) is 1. The van der Waals surface area contributed by atoms with Gasteiger partial charge in [-0.05, 0) is 66.4 Å². The average molecular weight is 353 g/mol. The molecule has 2 rings (SSSR count). The number of nitrogens with zero attached hydrogens (tertiary/aromatic N) is 1. The molecule has 1 heterocycles. The molecule has 0 bridgehead atoms. The van der Waals surface area contributed by atoms with Crippen LogP contribution in [0.4, 0.5) is 5.69 Å². The molecule has 1 N–H and O–H groups in total. The Morgan fingerprint density at radius 2 is 1.81 bits per heavy atom. The Kier molecular flexibility index (Phi) is 7.05. The van der Waals surface area contributed by atoms with E-state index >= 15 is 0 Å². The highest BCUT2D eigenvalue weighted by atomic mass is 79.9. The Morgan fingerprint density at radius 1 is 1.14 bits per heavy atom. The first-order chi connectivity index (χ1) is 10.2. The SMILES string of the molecule is CCCNC(C)c1ccc(N2CCCCCCC2)c(Br)c1. The van der Waals surface area contributed by atoms with Crippen LogP contribution in [-0.2, 0) is 0 Å². The van der Waals surface area contributed by atoms with E-state index < -0.39 is 0 Å². The smallest absolute Gasteiger partial charge is 0.0510 e. The third-order valence-electron chi connectivity index (χ3n) is 4.37. The predicted octanol–water partition coefficient (Wildman–Crippen LogP) is 5.28. The first kappa shape index (κ1) is 16.8. The third-order valence-corrected chi connectivity index (χ3v) is 5.00. The second-order valence-electron chi connectivity index (χ2n) is 6.14. The van der Waals surface area contributed by atoms with E-state index in [2.05, 4.69) is 58.2 Å². The molecular weight excluding hydrogens is 324 g/mol. The highest BCUT2D eigenvalue weighted by Crippen LogP contribution is 2.30. The van der Waals surface area contributed by atoms with Gasteiger partial charge in [0, 0.05) is 23.6 Å². The van der Waals surface area contributed by atoms with Crippen molar-refractivity contribution in [3.05, 3.63) is 28.2 Å². The van der Waals surface area contributed by atoms with Gasteiger partial charge in [-0.1, -0.05) is 32.3 Å². The van der Waals surface area contributed by atoms with Crippen molar-refractivity contribution in [3.63, 3.8) is 0 Å². The summed E-state index contributed by atoms with van der Waals surface area (Å²) in [5.74, 6) is 0. The first-order valence-corrected chi connectivity index (χ1v) is 9.29. The van der Waals surface area contributed by atoms with Crippen molar-refractivity contribution in [2.45, 2.75) is 58.4 Å². The van der Waals surface area contributed by atoms with E-state index in [-0.39, 0.29) is 0 Å². The van der Waals surface area contributed by atoms with E-state index in [0.29, 0.717) is 6.04 Å². The zero-order valence-corrected chi connectivity index (χ0v) is 15.1. The quantitative estimate of drug-likeness (QED) is 0.775. The summed E-state index contributed by atoms with van der Waals surface area (Å²) in [7, 11) is 0. The van der Waals surface area contributed by atoms with E-state index in [1.807, 2.05) is 0 Å². The third kappa shape index (κ3) is 5.00. The highest BCUT2D eigenvalue weighted by molar-refractivity contribution is 9.10. The molecule has 1 aromatic carbocycles. The van der Waals surface area contributed by atoms with Gasteiger partial charge in [-0.25, -0.2) is 0 Å². The number of hydrogen-bond acceptors (Lipinski definition) is 2. The number of anilines is 1. The molecule has 1 aliphatic heterocycles. The van der Waals surface area contributed by atoms with Crippen LogP contribution in [0.15, 0.2) is 22.7 Å². The van der Waals surface area contributed by atoms with Gasteiger partial charge in [-0.2, -0.15) is 0 Å². The summed E-state index contributed by atoms with van der Waals surface area (Å²) in [6.07, 6.45) is 7.99. The Morgan fingerprint density at radius 3 is 2.43 bits per heavy atom. The van der Waals surface area contributed by atoms with E-state index in [1.54, 1.807) is 0 Å². The van der Waals surface area contributed by atoms with Crippen LogP contribution in [0.25, 0.3) is 0 Å². The second-order valence-corrected chi connectivity index (χ2v) is 7.00. The number of nitrogens with one attached hydrogen (secondary N) is 1. The van der Waals surface area contributed by atoms with Gasteiger partial charge >= 0.3 is 0 Å². The van der Waals surface area contributed by atoms with Crippen LogP contribution in [0.3, 0.4) is 0 Å². The van der Waals surface area contributed by atoms with Crippen LogP contribution in [0.2, 0.25) is 0 Å². The van der Waals surface area contributed by atoms with Gasteiger partial charge in [0.25, 0.3) is 0 Å². The number of rotatable bonds is 5. The zero-order valence-electron chi connectivity index (χ0n) is 13.5. The molecule has 0 spiro atoms. The molecule has 1 aromatic rings. The molecule has 1 aliphatic rings. The van der Waals surface area contributed by atoms with Gasteiger partial charge in [-0.15, -0.1) is 0 Å². The molecule has 0 amide bonds. The standard InChI is InChI=1S/C18H29BrN2/c1-3-11-20-15(2)16-9-10-18(17(19)14-16)21-12-7-5-4-6-8-13-21/h9-10,14-15,20H,3-8,11-13H2,1-2H3. The van der Waals surface area contributed by atoms with Gasteiger partial charge in [0.2, 0.25) is 0 Å². The summed E-state index contributed by atoms with van der Waals surface area (Å²) in [6, 6.07) is 7.29. The lowest BCUT2D eigenvalue weighted by Crippen LogP contribution is -2.27. The van der Waals surface area contributed by atoms with E-state index in [9.17, 15) is 0 Å². The molecule has 1 atom stereocenters. The molecule has 0 radical (unpaired) electrons. The second kappa shape index (κ2) is 8.79. The molecule has 1 saturated heterocycles. The monoisotopic (exact) mass is 352 g/mol. The molecular formula is C18H29BrN2. The largest absolute Gasteiger partial charge is 0.371 e. The van der Waals surface area contributed by atoms with Crippen molar-refractivity contribution in [1.82, 2.24) is 5.32 Å². The average Bonchev–Trinajstić information content (AvgIpc) is 2.45. The Bertz CT molecular complexity index is 425. The maximum Gasteiger partial charge on any atom is 0.0510 e. The summed E-state index contributed by atoms with van der Waals surface area (Å²) < 4.78 is 1.24. The Hall–Kier alpha value is -0.540. The van der Waals surface area contributed by atoms with Crippen LogP contribution in [0.1, 0.15) is 64.0 Å². The fourth-order valence-corrected chi connectivity index (χ4v) is 3.66. The molecule has 0 aliphatic carbocycles. The fourth-order valence-electron chi connectivity index (χ4n) is 3.02. The highest BCUT2D eigenvalue weighted by Gasteiger charge is 2.13. The van der Waals surface area contributed by atoms with Crippen molar-refractivity contribution in [3.8, 4) is 0 Å². The molecule has 1 fully saturated rings. The molecule has 1 unspecified atom stereocenters. The maximum atomic E-state index is 3.79. The lowest BCUT2D eigenvalue weighted by molar-refractivity contribution is 0.555. The summed E-state index contributed by atoms with van der Waals surface area (Å²) in [5.41, 5.74) is 2.73. The van der Waals surface area contributed by atoms with Gasteiger partial charge in [0.05, 0.1) is 5.69 Å². The van der Waals surface area contributed by atoms with E-state index in [4.69, 9.17) is 0 Å². The van der Waals surface area contributed by atoms with Crippen molar-refractivity contribution in [2.24, 2.45) is 0 Å². The van der Waals surface area contributed by atoms with Gasteiger partial charge < -0.3 is 10.2 Å². The molecule has 3 heteroatoms. The molecule has 0 saturated carbocycles. The summed E-state index contributed by atoms with van der Waals surface area (Å²) in [4.78, 5) is 2.55. The summed E-state index contributed by atoms with van der Waals surface area (Å²) in [6.45, 7) is 7.92. The Labute approximate surface area is 138 Å². The number of halogens is 1. The summed E-state index contributed by atoms with van der Waals surface area (Å²) in [5, 5.41) is 3.56. The summed E-state index contributed by atoms with van der Waals surface area (Å²) >= 11 is 3.79. The number of benzene rings is 1. The predicted molar refractivity (Wildman–Crippen MR) is 96.1 cm³/mol. The van der Waals surface area contributed by atoms with Crippen LogP contribution in [0.5, 0.6) is 0 Å². The van der Waals surface area contributed by atoms with E-state index in [1.165, 1.54) is 67.3 Å². The minimum Gasteiger partial charge on any atom is -0.371 e. The minimum atomic E-state index is 0.419. The normalized spacial score (nSPS) is 18.1. The van der Waals surface area contributed by atoms with Crippen LogP contribution in [0, 0.1) is 0 Å². The molecule has 21 heavy (non-hydrogen) atoms. The molecule has 0 aromatic heterocycles. The van der Waals surface area contributed by atoms with Crippen molar-refractivity contribution >= 4 is 21.6 Å². The van der Waals surface area contributed by atoms with Crippen LogP contribution in [-0.4, -0.2) is 19.6 Å². The van der Waals surface area contributed by atoms with Crippen molar-refractivity contribution in [2.75, 3.05) is 24.5 Å². The molecule has 2 nitrogen and oxygen atoms in total. The lowest BCUT2D eigenvalue weighted by atomic mass is 10.1. The Balaban J connectivity index is 2.06.